The molecule has 1 saturated heterocycles. The molecule has 126 valence electrons. The number of nitrogens with zero attached hydrogens (tertiary/aromatic N) is 1. The smallest absolute Gasteiger partial charge is 0.409 e. The van der Waals surface area contributed by atoms with Crippen molar-refractivity contribution in [1.29, 1.82) is 0 Å². The van der Waals surface area contributed by atoms with Crippen LogP contribution in [0.15, 0.2) is 18.2 Å². The minimum absolute atomic E-state index is 0.0899. The van der Waals surface area contributed by atoms with E-state index < -0.39 is 17.7 Å². The van der Waals surface area contributed by atoms with Crippen LogP contribution >= 0.6 is 0 Å². The zero-order chi connectivity index (χ0) is 16.8. The zero-order valence-corrected chi connectivity index (χ0v) is 12.8. The molecule has 1 aromatic carbocycles. The number of hydrogen-bond donors (Lipinski definition) is 2. The normalized spacial score (nSPS) is 15.2. The lowest BCUT2D eigenvalue weighted by molar-refractivity contribution is 0.0959. The molecule has 0 bridgehead atoms. The van der Waals surface area contributed by atoms with E-state index in [1.165, 1.54) is 0 Å². The lowest BCUT2D eigenvalue weighted by Crippen LogP contribution is -2.47. The summed E-state index contributed by atoms with van der Waals surface area (Å²) >= 11 is 0. The number of ether oxygens (including phenoxy) is 1. The van der Waals surface area contributed by atoms with E-state index in [1.807, 2.05) is 0 Å². The molecule has 8 heteroatoms. The van der Waals surface area contributed by atoms with Crippen LogP contribution in [0.3, 0.4) is 0 Å². The van der Waals surface area contributed by atoms with Crippen molar-refractivity contribution >= 4 is 17.8 Å². The third-order valence-corrected chi connectivity index (χ3v) is 3.54. The summed E-state index contributed by atoms with van der Waals surface area (Å²) in [5, 5.41) is 5.05. The molecule has 0 aromatic heterocycles. The van der Waals surface area contributed by atoms with Crippen molar-refractivity contribution in [3.05, 3.63) is 29.8 Å². The van der Waals surface area contributed by atoms with Gasteiger partial charge in [0.2, 0.25) is 0 Å². The van der Waals surface area contributed by atoms with Crippen LogP contribution in [0.1, 0.15) is 19.8 Å². The summed E-state index contributed by atoms with van der Waals surface area (Å²) in [4.78, 5) is 25.0. The summed E-state index contributed by atoms with van der Waals surface area (Å²) < 4.78 is 31.2. The van der Waals surface area contributed by atoms with Crippen LogP contribution in [0.4, 0.5) is 24.1 Å². The standard InChI is InChI=1S/C15H19F2N3O3/c1-2-23-15(22)20-7-5-11(6-8-20)18-14(21)19-13-4-3-10(16)9-12(13)17/h3-4,9,11H,2,5-8H2,1H3,(H2,18,19,21). The van der Waals surface area contributed by atoms with E-state index in [0.717, 1.165) is 12.1 Å². The molecule has 23 heavy (non-hydrogen) atoms. The highest BCUT2D eigenvalue weighted by Gasteiger charge is 2.24. The first kappa shape index (κ1) is 17.0. The Labute approximate surface area is 132 Å². The van der Waals surface area contributed by atoms with Gasteiger partial charge in [-0.25, -0.2) is 18.4 Å². The van der Waals surface area contributed by atoms with Crippen molar-refractivity contribution in [2.24, 2.45) is 0 Å². The molecule has 0 unspecified atom stereocenters. The summed E-state index contributed by atoms with van der Waals surface area (Å²) in [6.07, 6.45) is 0.805. The van der Waals surface area contributed by atoms with Gasteiger partial charge in [-0.3, -0.25) is 0 Å². The molecular weight excluding hydrogens is 308 g/mol. The fraction of sp³-hybridized carbons (Fsp3) is 0.467. The number of hydrogen-bond acceptors (Lipinski definition) is 3. The maximum Gasteiger partial charge on any atom is 0.409 e. The molecule has 1 fully saturated rings. The number of carbonyl (C=O) groups excluding carboxylic acids is 2. The number of nitrogens with one attached hydrogen (secondary N) is 2. The van der Waals surface area contributed by atoms with Gasteiger partial charge in [0, 0.05) is 25.2 Å². The van der Waals surface area contributed by atoms with E-state index in [4.69, 9.17) is 4.74 Å². The molecule has 1 aliphatic rings. The van der Waals surface area contributed by atoms with Gasteiger partial charge in [0.15, 0.2) is 0 Å². The number of carbonyl (C=O) groups is 2. The predicted octanol–water partition coefficient (Wildman–Crippen LogP) is 2.71. The highest BCUT2D eigenvalue weighted by Crippen LogP contribution is 2.16. The number of urea groups is 1. The Morgan fingerprint density at radius 1 is 1.30 bits per heavy atom. The lowest BCUT2D eigenvalue weighted by atomic mass is 10.1. The fourth-order valence-electron chi connectivity index (χ4n) is 2.36. The number of amides is 3. The SMILES string of the molecule is CCOC(=O)N1CCC(NC(=O)Nc2ccc(F)cc2F)CC1. The molecule has 2 rings (SSSR count). The van der Waals surface area contributed by atoms with E-state index in [1.54, 1.807) is 11.8 Å². The fourth-order valence-corrected chi connectivity index (χ4v) is 2.36. The first-order valence-corrected chi connectivity index (χ1v) is 7.44. The molecule has 1 aromatic rings. The van der Waals surface area contributed by atoms with Crippen molar-refractivity contribution in [2.45, 2.75) is 25.8 Å². The van der Waals surface area contributed by atoms with E-state index in [9.17, 15) is 18.4 Å². The van der Waals surface area contributed by atoms with Crippen LogP contribution < -0.4 is 10.6 Å². The molecule has 0 radical (unpaired) electrons. The lowest BCUT2D eigenvalue weighted by Gasteiger charge is -2.31. The van der Waals surface area contributed by atoms with Crippen molar-refractivity contribution in [3.8, 4) is 0 Å². The summed E-state index contributed by atoms with van der Waals surface area (Å²) in [5.41, 5.74) is -0.0899. The number of halogens is 2. The molecule has 1 aliphatic heterocycles. The number of piperidine rings is 1. The van der Waals surface area contributed by atoms with Crippen molar-refractivity contribution in [2.75, 3.05) is 25.0 Å². The van der Waals surface area contributed by atoms with Gasteiger partial charge in [0.05, 0.1) is 12.3 Å². The second-order valence-corrected chi connectivity index (χ2v) is 5.18. The average molecular weight is 327 g/mol. The van der Waals surface area contributed by atoms with Gasteiger partial charge < -0.3 is 20.3 Å². The Bertz CT molecular complexity index is 575. The van der Waals surface area contributed by atoms with Crippen molar-refractivity contribution in [3.63, 3.8) is 0 Å². The Hall–Kier alpha value is -2.38. The first-order chi connectivity index (χ1) is 11.0. The predicted molar refractivity (Wildman–Crippen MR) is 80.1 cm³/mol. The Morgan fingerprint density at radius 2 is 2.00 bits per heavy atom. The van der Waals surface area contributed by atoms with Crippen LogP contribution in [0.5, 0.6) is 0 Å². The van der Waals surface area contributed by atoms with Crippen LogP contribution in [0.2, 0.25) is 0 Å². The molecular formula is C15H19F2N3O3. The van der Waals surface area contributed by atoms with Gasteiger partial charge >= 0.3 is 12.1 Å². The highest BCUT2D eigenvalue weighted by molar-refractivity contribution is 5.89. The van der Waals surface area contributed by atoms with E-state index in [2.05, 4.69) is 10.6 Å². The quantitative estimate of drug-likeness (QED) is 0.897. The molecule has 3 amide bonds. The third kappa shape index (κ3) is 4.80. The van der Waals surface area contributed by atoms with Gasteiger partial charge in [-0.05, 0) is 31.9 Å². The first-order valence-electron chi connectivity index (χ1n) is 7.44. The van der Waals surface area contributed by atoms with E-state index in [0.29, 0.717) is 38.6 Å². The van der Waals surface area contributed by atoms with Gasteiger partial charge in [-0.1, -0.05) is 0 Å². The Balaban J connectivity index is 1.79. The Morgan fingerprint density at radius 3 is 2.61 bits per heavy atom. The highest BCUT2D eigenvalue weighted by atomic mass is 19.1. The summed E-state index contributed by atoms with van der Waals surface area (Å²) in [7, 11) is 0. The van der Waals surface area contributed by atoms with Gasteiger partial charge in [-0.15, -0.1) is 0 Å². The molecule has 0 spiro atoms. The van der Waals surface area contributed by atoms with Crippen LogP contribution in [-0.4, -0.2) is 42.8 Å². The van der Waals surface area contributed by atoms with Crippen molar-refractivity contribution in [1.82, 2.24) is 10.2 Å². The van der Waals surface area contributed by atoms with E-state index >= 15 is 0 Å². The van der Waals surface area contributed by atoms with Gasteiger partial charge in [0.1, 0.15) is 11.6 Å². The molecule has 0 atom stereocenters. The second-order valence-electron chi connectivity index (χ2n) is 5.18. The molecule has 6 nitrogen and oxygen atoms in total. The van der Waals surface area contributed by atoms with E-state index in [-0.39, 0.29) is 17.8 Å². The number of rotatable bonds is 3. The van der Waals surface area contributed by atoms with Crippen LogP contribution in [0, 0.1) is 11.6 Å². The maximum absolute atomic E-state index is 13.5. The number of anilines is 1. The van der Waals surface area contributed by atoms with Crippen molar-refractivity contribution < 1.29 is 23.1 Å². The number of benzene rings is 1. The largest absolute Gasteiger partial charge is 0.450 e. The second kappa shape index (κ2) is 7.75. The minimum Gasteiger partial charge on any atom is -0.450 e. The van der Waals surface area contributed by atoms with Crippen LogP contribution in [-0.2, 0) is 4.74 Å². The maximum atomic E-state index is 13.5. The van der Waals surface area contributed by atoms with Crippen LogP contribution in [0.25, 0.3) is 0 Å². The zero-order valence-electron chi connectivity index (χ0n) is 12.8. The molecule has 1 heterocycles. The molecule has 2 N–H and O–H groups in total. The monoisotopic (exact) mass is 327 g/mol. The average Bonchev–Trinajstić information content (AvgIpc) is 2.51. The Kier molecular flexibility index (Phi) is 5.72. The van der Waals surface area contributed by atoms with Gasteiger partial charge in [-0.2, -0.15) is 0 Å². The third-order valence-electron chi connectivity index (χ3n) is 3.54. The van der Waals surface area contributed by atoms with Gasteiger partial charge in [0.25, 0.3) is 0 Å². The summed E-state index contributed by atoms with van der Waals surface area (Å²) in [5.74, 6) is -1.54. The summed E-state index contributed by atoms with van der Waals surface area (Å²) in [6, 6.07) is 2.24. The molecule has 0 aliphatic carbocycles. The topological polar surface area (TPSA) is 70.7 Å². The molecule has 0 saturated carbocycles. The minimum atomic E-state index is -0.836. The number of likely N-dealkylation sites (tertiary alicyclic amines) is 1. The summed E-state index contributed by atoms with van der Waals surface area (Å²) in [6.45, 7) is 3.02.